The zero-order chi connectivity index (χ0) is 95.6. The number of ether oxygens (including phenoxy) is 5. The molecular weight excluding hydrogens is 1710 g/mol. The third-order valence-electron chi connectivity index (χ3n) is 24.2. The maximum Gasteiger partial charge on any atom is 0.311 e. The molecule has 14 rings (SSSR count). The number of hydrogen-bond donors (Lipinski definition) is 3. The van der Waals surface area contributed by atoms with Crippen molar-refractivity contribution >= 4 is 94.4 Å². The van der Waals surface area contributed by atoms with Gasteiger partial charge in [-0.1, -0.05) is 271 Å². The molecule has 25 heteroatoms. The number of aromatic nitrogens is 5. The molecule has 131 heavy (non-hydrogen) atoms. The summed E-state index contributed by atoms with van der Waals surface area (Å²) in [7, 11) is 6.57. The molecule has 0 unspecified atom stereocenters. The highest BCUT2D eigenvalue weighted by molar-refractivity contribution is 7.71. The molecule has 10 aromatic rings. The molecule has 0 spiro atoms. The molecule has 4 heterocycles. The summed E-state index contributed by atoms with van der Waals surface area (Å²) in [5.41, 5.74) is 9.65. The van der Waals surface area contributed by atoms with E-state index in [1.165, 1.54) is 32.8 Å². The average Bonchev–Trinajstić information content (AvgIpc) is 1.53. The van der Waals surface area contributed by atoms with Crippen molar-refractivity contribution in [3.05, 3.63) is 261 Å². The van der Waals surface area contributed by atoms with E-state index in [1.807, 2.05) is 242 Å². The van der Waals surface area contributed by atoms with Crippen molar-refractivity contribution in [2.24, 2.45) is 43.7 Å². The van der Waals surface area contributed by atoms with E-state index in [1.54, 1.807) is 41.9 Å². The monoisotopic (exact) mass is 1840 g/mol. The topological polar surface area (TPSA) is 267 Å². The lowest BCUT2D eigenvalue weighted by Gasteiger charge is -2.30. The number of rotatable bonds is 26. The molecule has 698 valence electrons. The number of imidazole rings is 1. The van der Waals surface area contributed by atoms with Crippen LogP contribution in [-0.2, 0) is 55.8 Å². The van der Waals surface area contributed by atoms with E-state index in [4.69, 9.17) is 84.5 Å². The fraction of sp³-hybridized carbons (Fsp3) is 0.406. The first-order valence-corrected chi connectivity index (χ1v) is 46.5. The molecule has 2 aliphatic heterocycles. The summed E-state index contributed by atoms with van der Waals surface area (Å²) in [4.78, 5) is 82.0. The third kappa shape index (κ3) is 28.0. The second kappa shape index (κ2) is 50.1. The average molecular weight is 1840 g/mol. The fourth-order valence-corrected chi connectivity index (χ4v) is 14.8. The summed E-state index contributed by atoms with van der Waals surface area (Å²) in [5.74, 6) is -0.625. The van der Waals surface area contributed by atoms with Crippen LogP contribution in [0.4, 0.5) is 5.69 Å². The smallest absolute Gasteiger partial charge is 0.311 e. The Balaban J connectivity index is 0.000000218. The zero-order valence-corrected chi connectivity index (χ0v) is 81.7. The molecular formula is C106H132Cl2N10O12S. The minimum absolute atomic E-state index is 0.0636. The minimum Gasteiger partial charge on any atom is -0.496 e. The number of hydrogen-bond acceptors (Lipinski definition) is 17. The number of carboxylic acid groups (broad SMARTS) is 2. The fourth-order valence-electron chi connectivity index (χ4n) is 14.1. The SMILES string of the molecule is CCC(C)(C)C(=O)O.CCC(C)(C)C(=O)O.CCC(C)(C)C(=O)OC.CCC(C)(C)C(=O)OCCOC.CCN(CC)c1ccc(/C=C2/OC(=NC3CCCCC3)N(C3CCCCC3)C2=O)c(OC)c1.Clc1ccccc1-c1nc(-c2ccccc2)c(-c2ccccc2)n1C1(c2ccccc2Cl)N=C(c2ccccc2)C(c2ccccc2)=N1.Cn1c(-c2ccccc2)n[nH]c1=S. The predicted octanol–water partition coefficient (Wildman–Crippen LogP) is 25.0. The van der Waals surface area contributed by atoms with Gasteiger partial charge in [-0.05, 0) is 169 Å². The van der Waals surface area contributed by atoms with Gasteiger partial charge in [0.25, 0.3) is 11.7 Å². The first kappa shape index (κ1) is 105. The molecule has 2 saturated carbocycles. The number of halogens is 2. The number of nitrogens with one attached hydrogen (secondary N) is 1. The molecule has 0 radical (unpaired) electrons. The van der Waals surface area contributed by atoms with E-state index in [0.717, 1.165) is 143 Å². The number of nitrogens with zero attached hydrogens (tertiary/aromatic N) is 9. The van der Waals surface area contributed by atoms with E-state index < -0.39 is 28.6 Å². The van der Waals surface area contributed by atoms with Crippen molar-refractivity contribution in [3.8, 4) is 51.0 Å². The highest BCUT2D eigenvalue weighted by Gasteiger charge is 2.47. The lowest BCUT2D eigenvalue weighted by atomic mass is 9.91. The van der Waals surface area contributed by atoms with Gasteiger partial charge in [0, 0.05) is 89.6 Å². The number of aromatic amines is 1. The standard InChI is InChI=1S/C42H28Cl2N4.C27H39N3O3.C9H9N3S.C9H18O3.C7H14O2.2C6H12O2/c43-35-27-15-13-25-33(35)41-45-39(31-21-9-3-10-22-31)40(32-23-11-4-12-24-32)48(41)42(34-26-14-16-28-36(34)44)46-37(29-17-5-1-6-18-29)38(47-42)30-19-7-2-8-20-30;1-4-29(5-2)23-17-16-20(24(19-23)32-3)18-25-26(31)30(22-14-10-7-11-15-22)27(33-25)28-21-12-8-6-9-13-21;1-12-8(10-11-9(12)13)7-5-3-2-4-6-7;1-5-9(2,3)8(10)12-7-6-11-4;1-5-7(2,3)6(8)9-4;2*1-4-6(2,3)5(7)8/h1-28H;16-19,21-22H,4-15H2,1-3H3;2-6H,1H3,(H,11,13);5-7H2,1-4H3;5H2,1-4H3;2*4H2,1-3H3,(H,7,8)/b;25-18+,28-27?;;;;;. The summed E-state index contributed by atoms with van der Waals surface area (Å²) in [5, 5.41) is 24.9. The highest BCUT2D eigenvalue weighted by Crippen LogP contribution is 2.49. The molecule has 3 fully saturated rings. The van der Waals surface area contributed by atoms with Crippen LogP contribution in [0.1, 0.15) is 209 Å². The van der Waals surface area contributed by atoms with Gasteiger partial charge in [-0.25, -0.2) is 20.0 Å². The van der Waals surface area contributed by atoms with Crippen LogP contribution in [-0.4, -0.2) is 146 Å². The number of aliphatic imine (C=N–C) groups is 3. The van der Waals surface area contributed by atoms with E-state index in [9.17, 15) is 24.0 Å². The number of aliphatic carboxylic acids is 2. The molecule has 8 aromatic carbocycles. The largest absolute Gasteiger partial charge is 0.496 e. The predicted molar refractivity (Wildman–Crippen MR) is 532 cm³/mol. The third-order valence-corrected chi connectivity index (χ3v) is 25.2. The number of benzene rings is 8. The van der Waals surface area contributed by atoms with Crippen molar-refractivity contribution in [1.29, 1.82) is 0 Å². The summed E-state index contributed by atoms with van der Waals surface area (Å²) in [6.45, 7) is 29.0. The molecule has 0 atom stereocenters. The highest BCUT2D eigenvalue weighted by atomic mass is 35.5. The quantitative estimate of drug-likeness (QED) is 0.0197. The molecule has 1 saturated heterocycles. The van der Waals surface area contributed by atoms with Crippen LogP contribution < -0.4 is 9.64 Å². The molecule has 4 aliphatic rings. The number of amidine groups is 1. The summed E-state index contributed by atoms with van der Waals surface area (Å²) < 4.78 is 30.8. The van der Waals surface area contributed by atoms with E-state index in [0.29, 0.717) is 64.0 Å². The maximum atomic E-state index is 13.5. The number of anilines is 1. The summed E-state index contributed by atoms with van der Waals surface area (Å²) in [6, 6.07) is 73.4. The normalized spacial score (nSPS) is 14.9. The van der Waals surface area contributed by atoms with Crippen molar-refractivity contribution in [2.75, 3.05) is 52.5 Å². The van der Waals surface area contributed by atoms with Crippen molar-refractivity contribution in [3.63, 3.8) is 0 Å². The Hall–Kier alpha value is -11.6. The van der Waals surface area contributed by atoms with Crippen molar-refractivity contribution in [2.45, 2.75) is 205 Å². The number of esters is 2. The van der Waals surface area contributed by atoms with Gasteiger partial charge in [0.15, 0.2) is 16.4 Å². The van der Waals surface area contributed by atoms with Crippen LogP contribution >= 0.6 is 35.4 Å². The molecule has 1 amide bonds. The van der Waals surface area contributed by atoms with Gasteiger partial charge >= 0.3 is 29.9 Å². The molecule has 3 N–H and O–H groups in total. The first-order chi connectivity index (χ1) is 62.7. The van der Waals surface area contributed by atoms with Gasteiger partial charge in [-0.3, -0.25) is 38.5 Å². The Labute approximate surface area is 789 Å². The number of H-pyrrole nitrogens is 1. The van der Waals surface area contributed by atoms with Crippen LogP contribution in [0.15, 0.2) is 239 Å². The molecule has 2 aliphatic carbocycles. The van der Waals surface area contributed by atoms with Crippen LogP contribution in [0, 0.1) is 26.4 Å². The van der Waals surface area contributed by atoms with Crippen LogP contribution in [0.5, 0.6) is 5.75 Å². The molecule has 2 aromatic heterocycles. The van der Waals surface area contributed by atoms with Crippen molar-refractivity contribution < 1.29 is 57.9 Å². The van der Waals surface area contributed by atoms with Gasteiger partial charge in [0.05, 0.1) is 81.4 Å². The Kier molecular flexibility index (Phi) is 40.1. The number of carboxylic acids is 2. The number of amides is 1. The number of methoxy groups -OCH3 is 3. The second-order valence-corrected chi connectivity index (χ2v) is 36.0. The maximum absolute atomic E-state index is 13.5. The van der Waals surface area contributed by atoms with Crippen LogP contribution in [0.2, 0.25) is 10.0 Å². The Morgan fingerprint density at radius 3 is 1.46 bits per heavy atom. The molecule has 22 nitrogen and oxygen atoms in total. The number of carbonyl (C=O) groups excluding carboxylic acids is 3. The summed E-state index contributed by atoms with van der Waals surface area (Å²) in [6.07, 6.45) is 16.3. The second-order valence-electron chi connectivity index (χ2n) is 34.8. The van der Waals surface area contributed by atoms with Gasteiger partial charge in [0.2, 0.25) is 0 Å². The van der Waals surface area contributed by atoms with E-state index in [2.05, 4.69) is 92.8 Å². The Bertz CT molecular complexity index is 5460. The van der Waals surface area contributed by atoms with Crippen LogP contribution in [0.25, 0.3) is 51.4 Å². The Morgan fingerprint density at radius 1 is 0.565 bits per heavy atom. The van der Waals surface area contributed by atoms with Gasteiger partial charge in [-0.15, -0.1) is 0 Å². The zero-order valence-electron chi connectivity index (χ0n) is 79.4. The summed E-state index contributed by atoms with van der Waals surface area (Å²) >= 11 is 19.2. The lowest BCUT2D eigenvalue weighted by Crippen LogP contribution is -2.41. The van der Waals surface area contributed by atoms with Gasteiger partial charge < -0.3 is 43.4 Å². The Morgan fingerprint density at radius 2 is 1.02 bits per heavy atom. The molecule has 0 bridgehead atoms. The van der Waals surface area contributed by atoms with E-state index in [-0.39, 0.29) is 40.8 Å². The van der Waals surface area contributed by atoms with Gasteiger partial charge in [0.1, 0.15) is 18.2 Å². The minimum atomic E-state index is -1.41. The lowest BCUT2D eigenvalue weighted by molar-refractivity contribution is -0.155. The van der Waals surface area contributed by atoms with Gasteiger partial charge in [-0.2, -0.15) is 5.10 Å². The van der Waals surface area contributed by atoms with Crippen LogP contribution in [0.3, 0.4) is 0 Å². The van der Waals surface area contributed by atoms with Crippen molar-refractivity contribution in [1.82, 2.24) is 29.2 Å². The first-order valence-electron chi connectivity index (χ1n) is 45.3. The van der Waals surface area contributed by atoms with E-state index >= 15 is 0 Å². The number of carbonyl (C=O) groups is 5.